The van der Waals surface area contributed by atoms with E-state index in [1.54, 1.807) is 19.2 Å². The highest BCUT2D eigenvalue weighted by Gasteiger charge is 2.23. The average molecular weight is 252 g/mol. The zero-order valence-electron chi connectivity index (χ0n) is 10.8. The summed E-state index contributed by atoms with van der Waals surface area (Å²) >= 11 is 0. The van der Waals surface area contributed by atoms with Crippen molar-refractivity contribution in [3.8, 4) is 0 Å². The van der Waals surface area contributed by atoms with Crippen LogP contribution in [0.1, 0.15) is 17.0 Å². The maximum atomic E-state index is 12.0. The number of methoxy groups -OCH3 is 1. The van der Waals surface area contributed by atoms with Crippen molar-refractivity contribution in [3.63, 3.8) is 0 Å². The zero-order chi connectivity index (χ0) is 12.8. The molecule has 1 aliphatic rings. The second-order valence-corrected chi connectivity index (χ2v) is 4.46. The molecule has 18 heavy (non-hydrogen) atoms. The Balaban J connectivity index is 1.75. The van der Waals surface area contributed by atoms with Crippen LogP contribution in [-0.4, -0.2) is 62.1 Å². The first kappa shape index (κ1) is 13.1. The number of hydrogen-bond donors (Lipinski definition) is 0. The lowest BCUT2D eigenvalue weighted by Gasteiger charge is -2.34. The summed E-state index contributed by atoms with van der Waals surface area (Å²) < 4.78 is 10.2. The van der Waals surface area contributed by atoms with Gasteiger partial charge in [0.1, 0.15) is 0 Å². The lowest BCUT2D eigenvalue weighted by Crippen LogP contribution is -2.48. The number of piperazine rings is 1. The molecule has 0 aromatic carbocycles. The Morgan fingerprint density at radius 1 is 1.39 bits per heavy atom. The Bertz CT molecular complexity index is 356. The standard InChI is InChI=1S/C13H20N2O3/c1-17-10-3-5-14-6-8-15(9-7-14)13(16)12-4-2-11-18-12/h2,4,11H,3,5-10H2,1H3. The van der Waals surface area contributed by atoms with Crippen LogP contribution in [0.15, 0.2) is 22.8 Å². The predicted octanol–water partition coefficient (Wildman–Crippen LogP) is 1.07. The van der Waals surface area contributed by atoms with Gasteiger partial charge in [0.25, 0.3) is 5.91 Å². The van der Waals surface area contributed by atoms with Gasteiger partial charge in [0.2, 0.25) is 0 Å². The van der Waals surface area contributed by atoms with Gasteiger partial charge in [-0.1, -0.05) is 0 Å². The lowest BCUT2D eigenvalue weighted by atomic mass is 10.2. The number of nitrogens with zero attached hydrogens (tertiary/aromatic N) is 2. The quantitative estimate of drug-likeness (QED) is 0.736. The minimum Gasteiger partial charge on any atom is -0.459 e. The summed E-state index contributed by atoms with van der Waals surface area (Å²) in [5.41, 5.74) is 0. The summed E-state index contributed by atoms with van der Waals surface area (Å²) in [4.78, 5) is 16.2. The largest absolute Gasteiger partial charge is 0.459 e. The molecule has 1 aliphatic heterocycles. The van der Waals surface area contributed by atoms with Crippen molar-refractivity contribution in [2.45, 2.75) is 6.42 Å². The Morgan fingerprint density at radius 2 is 2.17 bits per heavy atom. The van der Waals surface area contributed by atoms with E-state index in [0.29, 0.717) is 5.76 Å². The molecule has 1 fully saturated rings. The van der Waals surface area contributed by atoms with E-state index >= 15 is 0 Å². The molecule has 0 aliphatic carbocycles. The van der Waals surface area contributed by atoms with E-state index in [1.165, 1.54) is 6.26 Å². The van der Waals surface area contributed by atoms with Crippen LogP contribution in [0.5, 0.6) is 0 Å². The number of hydrogen-bond acceptors (Lipinski definition) is 4. The molecule has 0 spiro atoms. The summed E-state index contributed by atoms with van der Waals surface area (Å²) in [5, 5.41) is 0. The van der Waals surface area contributed by atoms with Crippen LogP contribution in [0.4, 0.5) is 0 Å². The zero-order valence-corrected chi connectivity index (χ0v) is 10.8. The number of amides is 1. The van der Waals surface area contributed by atoms with Crippen molar-refractivity contribution >= 4 is 5.91 Å². The smallest absolute Gasteiger partial charge is 0.289 e. The van der Waals surface area contributed by atoms with Crippen LogP contribution < -0.4 is 0 Å². The van der Waals surface area contributed by atoms with Gasteiger partial charge < -0.3 is 14.1 Å². The third kappa shape index (κ3) is 3.34. The third-order valence-corrected chi connectivity index (χ3v) is 3.21. The summed E-state index contributed by atoms with van der Waals surface area (Å²) in [6, 6.07) is 3.46. The number of rotatable bonds is 5. The van der Waals surface area contributed by atoms with Crippen LogP contribution in [0.2, 0.25) is 0 Å². The molecule has 2 rings (SSSR count). The Kier molecular flexibility index (Phi) is 4.78. The second kappa shape index (κ2) is 6.56. The van der Waals surface area contributed by atoms with Gasteiger partial charge in [0.15, 0.2) is 5.76 Å². The first-order valence-electron chi connectivity index (χ1n) is 6.35. The highest BCUT2D eigenvalue weighted by atomic mass is 16.5. The molecule has 0 N–H and O–H groups in total. The Morgan fingerprint density at radius 3 is 2.78 bits per heavy atom. The van der Waals surface area contributed by atoms with Crippen LogP contribution >= 0.6 is 0 Å². The van der Waals surface area contributed by atoms with E-state index < -0.39 is 0 Å². The van der Waals surface area contributed by atoms with E-state index in [4.69, 9.17) is 9.15 Å². The Hall–Kier alpha value is -1.33. The van der Waals surface area contributed by atoms with Gasteiger partial charge >= 0.3 is 0 Å². The monoisotopic (exact) mass is 252 g/mol. The molecule has 1 saturated heterocycles. The van der Waals surface area contributed by atoms with Crippen LogP contribution in [0, 0.1) is 0 Å². The normalized spacial score (nSPS) is 17.1. The maximum absolute atomic E-state index is 12.0. The average Bonchev–Trinajstić information content (AvgIpc) is 2.93. The first-order valence-corrected chi connectivity index (χ1v) is 6.35. The minimum atomic E-state index is -0.00320. The molecular formula is C13H20N2O3. The highest BCUT2D eigenvalue weighted by Crippen LogP contribution is 2.09. The van der Waals surface area contributed by atoms with Gasteiger partial charge in [0, 0.05) is 46.4 Å². The number of furan rings is 1. The van der Waals surface area contributed by atoms with Gasteiger partial charge in [-0.15, -0.1) is 0 Å². The molecule has 1 aromatic heterocycles. The van der Waals surface area contributed by atoms with Crippen LogP contribution in [-0.2, 0) is 4.74 Å². The minimum absolute atomic E-state index is 0.00320. The van der Waals surface area contributed by atoms with Gasteiger partial charge in [-0.25, -0.2) is 0 Å². The summed E-state index contributed by atoms with van der Waals surface area (Å²) in [6.45, 7) is 5.23. The van der Waals surface area contributed by atoms with E-state index in [1.807, 2.05) is 4.90 Å². The predicted molar refractivity (Wildman–Crippen MR) is 67.5 cm³/mol. The summed E-state index contributed by atoms with van der Waals surface area (Å²) in [7, 11) is 1.72. The molecule has 0 atom stereocenters. The van der Waals surface area contributed by atoms with Crippen LogP contribution in [0.25, 0.3) is 0 Å². The molecule has 0 unspecified atom stereocenters. The third-order valence-electron chi connectivity index (χ3n) is 3.21. The summed E-state index contributed by atoms with van der Waals surface area (Å²) in [5.74, 6) is 0.430. The Labute approximate surface area is 107 Å². The SMILES string of the molecule is COCCCN1CCN(C(=O)c2ccco2)CC1. The molecule has 2 heterocycles. The number of carbonyl (C=O) groups is 1. The molecule has 100 valence electrons. The van der Waals surface area contributed by atoms with E-state index in [-0.39, 0.29) is 5.91 Å². The van der Waals surface area contributed by atoms with Crippen molar-refractivity contribution in [3.05, 3.63) is 24.2 Å². The molecule has 0 radical (unpaired) electrons. The van der Waals surface area contributed by atoms with Crippen molar-refractivity contribution in [1.29, 1.82) is 0 Å². The molecule has 5 heteroatoms. The van der Waals surface area contributed by atoms with Crippen molar-refractivity contribution in [2.75, 3.05) is 46.4 Å². The topological polar surface area (TPSA) is 45.9 Å². The fraction of sp³-hybridized carbons (Fsp3) is 0.615. The number of ether oxygens (including phenoxy) is 1. The molecule has 5 nitrogen and oxygen atoms in total. The van der Waals surface area contributed by atoms with E-state index in [2.05, 4.69) is 4.90 Å². The van der Waals surface area contributed by atoms with Crippen molar-refractivity contribution in [2.24, 2.45) is 0 Å². The lowest BCUT2D eigenvalue weighted by molar-refractivity contribution is 0.0594. The molecule has 0 saturated carbocycles. The highest BCUT2D eigenvalue weighted by molar-refractivity contribution is 5.91. The second-order valence-electron chi connectivity index (χ2n) is 4.46. The molecular weight excluding hydrogens is 232 g/mol. The van der Waals surface area contributed by atoms with Gasteiger partial charge in [-0.2, -0.15) is 0 Å². The van der Waals surface area contributed by atoms with Crippen molar-refractivity contribution in [1.82, 2.24) is 9.80 Å². The van der Waals surface area contributed by atoms with Crippen molar-refractivity contribution < 1.29 is 13.9 Å². The van der Waals surface area contributed by atoms with Gasteiger partial charge in [0.05, 0.1) is 6.26 Å². The fourth-order valence-corrected chi connectivity index (χ4v) is 2.16. The van der Waals surface area contributed by atoms with Gasteiger partial charge in [-0.3, -0.25) is 9.69 Å². The number of carbonyl (C=O) groups excluding carboxylic acids is 1. The van der Waals surface area contributed by atoms with E-state index in [0.717, 1.165) is 45.8 Å². The molecule has 0 bridgehead atoms. The molecule has 1 amide bonds. The van der Waals surface area contributed by atoms with Crippen LogP contribution in [0.3, 0.4) is 0 Å². The maximum Gasteiger partial charge on any atom is 0.289 e. The molecule has 1 aromatic rings. The van der Waals surface area contributed by atoms with E-state index in [9.17, 15) is 4.79 Å². The van der Waals surface area contributed by atoms with Gasteiger partial charge in [-0.05, 0) is 18.6 Å². The first-order chi connectivity index (χ1) is 8.81. The fourth-order valence-electron chi connectivity index (χ4n) is 2.16. The summed E-state index contributed by atoms with van der Waals surface area (Å²) in [6.07, 6.45) is 2.58.